The van der Waals surface area contributed by atoms with Crippen LogP contribution in [0.1, 0.15) is 50.2 Å². The van der Waals surface area contributed by atoms with Gasteiger partial charge >= 0.3 is 0 Å². The van der Waals surface area contributed by atoms with E-state index in [4.69, 9.17) is 23.2 Å². The molecule has 0 unspecified atom stereocenters. The van der Waals surface area contributed by atoms with Crippen LogP contribution in [0.15, 0.2) is 77.7 Å². The van der Waals surface area contributed by atoms with E-state index in [2.05, 4.69) is 5.32 Å². The molecule has 1 N–H and O–H groups in total. The van der Waals surface area contributed by atoms with Crippen LogP contribution in [0.4, 0.5) is 5.69 Å². The fourth-order valence-corrected chi connectivity index (χ4v) is 7.15. The Morgan fingerprint density at radius 1 is 0.976 bits per heavy atom. The van der Waals surface area contributed by atoms with Crippen molar-refractivity contribution < 1.29 is 18.0 Å². The average molecular weight is 617 g/mol. The van der Waals surface area contributed by atoms with Crippen LogP contribution in [0.5, 0.6) is 0 Å². The quantitative estimate of drug-likeness (QED) is 0.272. The van der Waals surface area contributed by atoms with Crippen LogP contribution >= 0.6 is 23.2 Å². The van der Waals surface area contributed by atoms with E-state index in [1.54, 1.807) is 61.5 Å². The summed E-state index contributed by atoms with van der Waals surface area (Å²) in [7, 11) is -4.15. The molecule has 1 fully saturated rings. The van der Waals surface area contributed by atoms with E-state index in [-0.39, 0.29) is 23.4 Å². The van der Waals surface area contributed by atoms with Gasteiger partial charge in [-0.25, -0.2) is 8.42 Å². The second-order valence-electron chi connectivity index (χ2n) is 10.3. The first kappa shape index (κ1) is 30.9. The molecule has 4 rings (SSSR count). The zero-order valence-electron chi connectivity index (χ0n) is 23.2. The highest BCUT2D eigenvalue weighted by atomic mass is 35.5. The number of carbonyl (C=O) groups excluding carboxylic acids is 2. The van der Waals surface area contributed by atoms with Gasteiger partial charge in [-0.2, -0.15) is 0 Å². The first-order chi connectivity index (χ1) is 19.6. The molecule has 218 valence electrons. The van der Waals surface area contributed by atoms with Crippen LogP contribution in [-0.2, 0) is 26.2 Å². The SMILES string of the molecule is CC[C@@H](C(=O)NC1CCCC1)N(Cc1ccccc1Cl)C(=O)CN(c1ccc(Cl)cc1C)S(=O)(=O)c1ccccc1. The predicted octanol–water partition coefficient (Wildman–Crippen LogP) is 6.36. The third-order valence-electron chi connectivity index (χ3n) is 7.42. The molecule has 0 spiro atoms. The Morgan fingerprint density at radius 3 is 2.27 bits per heavy atom. The number of rotatable bonds is 11. The van der Waals surface area contributed by atoms with E-state index in [1.165, 1.54) is 17.0 Å². The third kappa shape index (κ3) is 7.42. The van der Waals surface area contributed by atoms with Gasteiger partial charge in [-0.05, 0) is 73.7 Å². The van der Waals surface area contributed by atoms with Gasteiger partial charge in [-0.3, -0.25) is 13.9 Å². The summed E-state index contributed by atoms with van der Waals surface area (Å²) in [4.78, 5) is 29.2. The van der Waals surface area contributed by atoms with Crippen molar-refractivity contribution in [3.8, 4) is 0 Å². The normalized spacial score (nSPS) is 14.4. The molecule has 3 aromatic carbocycles. The van der Waals surface area contributed by atoms with Crippen molar-refractivity contribution in [2.45, 2.75) is 69.5 Å². The molecule has 7 nitrogen and oxygen atoms in total. The highest BCUT2D eigenvalue weighted by Gasteiger charge is 2.35. The summed E-state index contributed by atoms with van der Waals surface area (Å²) in [5.41, 5.74) is 1.58. The molecule has 1 saturated carbocycles. The Hall–Kier alpha value is -3.07. The van der Waals surface area contributed by atoms with Gasteiger partial charge in [0.1, 0.15) is 12.6 Å². The molecule has 0 aromatic heterocycles. The Labute approximate surface area is 252 Å². The van der Waals surface area contributed by atoms with Gasteiger partial charge in [0.2, 0.25) is 11.8 Å². The molecule has 2 amide bonds. The van der Waals surface area contributed by atoms with E-state index >= 15 is 0 Å². The van der Waals surface area contributed by atoms with Gasteiger partial charge in [-0.1, -0.05) is 79.4 Å². The first-order valence-corrected chi connectivity index (χ1v) is 16.0. The van der Waals surface area contributed by atoms with Crippen molar-refractivity contribution in [2.24, 2.45) is 0 Å². The van der Waals surface area contributed by atoms with Crippen molar-refractivity contribution in [3.05, 3.63) is 94.0 Å². The van der Waals surface area contributed by atoms with E-state index in [0.717, 1.165) is 30.0 Å². The van der Waals surface area contributed by atoms with E-state index in [1.807, 2.05) is 13.0 Å². The maximum atomic E-state index is 14.2. The minimum Gasteiger partial charge on any atom is -0.352 e. The monoisotopic (exact) mass is 615 g/mol. The second-order valence-corrected chi connectivity index (χ2v) is 13.0. The number of hydrogen-bond donors (Lipinski definition) is 1. The number of anilines is 1. The predicted molar refractivity (Wildman–Crippen MR) is 164 cm³/mol. The van der Waals surface area contributed by atoms with E-state index < -0.39 is 28.5 Å². The highest BCUT2D eigenvalue weighted by Crippen LogP contribution is 2.30. The largest absolute Gasteiger partial charge is 0.352 e. The number of sulfonamides is 1. The lowest BCUT2D eigenvalue weighted by Gasteiger charge is -2.34. The minimum atomic E-state index is -4.15. The van der Waals surface area contributed by atoms with E-state index in [9.17, 15) is 18.0 Å². The number of nitrogens with zero attached hydrogens (tertiary/aromatic N) is 2. The van der Waals surface area contributed by atoms with Crippen molar-refractivity contribution >= 4 is 50.7 Å². The molecule has 0 saturated heterocycles. The Morgan fingerprint density at radius 2 is 1.63 bits per heavy atom. The summed E-state index contributed by atoms with van der Waals surface area (Å²) in [5.74, 6) is -0.771. The highest BCUT2D eigenvalue weighted by molar-refractivity contribution is 7.92. The molecule has 0 radical (unpaired) electrons. The summed E-state index contributed by atoms with van der Waals surface area (Å²) in [5, 5.41) is 4.02. The second kappa shape index (κ2) is 13.7. The number of hydrogen-bond acceptors (Lipinski definition) is 4. The Balaban J connectivity index is 1.74. The summed E-state index contributed by atoms with van der Waals surface area (Å²) >= 11 is 12.6. The molecule has 0 bridgehead atoms. The van der Waals surface area contributed by atoms with Gasteiger partial charge in [0, 0.05) is 22.6 Å². The molecule has 1 aliphatic carbocycles. The molecule has 1 atom stereocenters. The van der Waals surface area contributed by atoms with Gasteiger partial charge in [0.05, 0.1) is 10.6 Å². The fourth-order valence-electron chi connectivity index (χ4n) is 5.23. The van der Waals surface area contributed by atoms with Crippen molar-refractivity contribution in [3.63, 3.8) is 0 Å². The molecule has 41 heavy (non-hydrogen) atoms. The first-order valence-electron chi connectivity index (χ1n) is 13.8. The van der Waals surface area contributed by atoms with Crippen molar-refractivity contribution in [1.29, 1.82) is 0 Å². The number of nitrogens with one attached hydrogen (secondary N) is 1. The maximum Gasteiger partial charge on any atom is 0.264 e. The fraction of sp³-hybridized carbons (Fsp3) is 0.355. The lowest BCUT2D eigenvalue weighted by Crippen LogP contribution is -2.53. The van der Waals surface area contributed by atoms with Gasteiger partial charge < -0.3 is 10.2 Å². The van der Waals surface area contributed by atoms with Crippen LogP contribution in [0.25, 0.3) is 0 Å². The summed E-state index contributed by atoms with van der Waals surface area (Å²) in [6.07, 6.45) is 4.26. The van der Waals surface area contributed by atoms with Gasteiger partial charge in [0.15, 0.2) is 0 Å². The average Bonchev–Trinajstić information content (AvgIpc) is 3.46. The van der Waals surface area contributed by atoms with Crippen LogP contribution in [0, 0.1) is 6.92 Å². The van der Waals surface area contributed by atoms with Crippen LogP contribution in [-0.4, -0.2) is 43.8 Å². The van der Waals surface area contributed by atoms with Crippen molar-refractivity contribution in [1.82, 2.24) is 10.2 Å². The van der Waals surface area contributed by atoms with Crippen LogP contribution < -0.4 is 9.62 Å². The molecular formula is C31H35Cl2N3O4S. The number of benzene rings is 3. The maximum absolute atomic E-state index is 14.2. The van der Waals surface area contributed by atoms with E-state index in [0.29, 0.717) is 33.3 Å². The molecular weight excluding hydrogens is 581 g/mol. The number of amides is 2. The summed E-state index contributed by atoms with van der Waals surface area (Å²) < 4.78 is 29.0. The van der Waals surface area contributed by atoms with Crippen molar-refractivity contribution in [2.75, 3.05) is 10.8 Å². The minimum absolute atomic E-state index is 0.0471. The zero-order valence-corrected chi connectivity index (χ0v) is 25.6. The number of aryl methyl sites for hydroxylation is 1. The summed E-state index contributed by atoms with van der Waals surface area (Å²) in [6.45, 7) is 3.11. The third-order valence-corrected chi connectivity index (χ3v) is 9.80. The molecule has 1 aliphatic rings. The molecule has 0 aliphatic heterocycles. The number of carbonyl (C=O) groups is 2. The van der Waals surface area contributed by atoms with Crippen LogP contribution in [0.3, 0.4) is 0 Å². The Bertz CT molecular complexity index is 1480. The smallest absolute Gasteiger partial charge is 0.264 e. The zero-order chi connectivity index (χ0) is 29.6. The van der Waals surface area contributed by atoms with Crippen LogP contribution in [0.2, 0.25) is 10.0 Å². The van der Waals surface area contributed by atoms with Gasteiger partial charge in [0.25, 0.3) is 10.0 Å². The lowest BCUT2D eigenvalue weighted by atomic mass is 10.1. The Kier molecular flexibility index (Phi) is 10.3. The summed E-state index contributed by atoms with van der Waals surface area (Å²) in [6, 6.07) is 19.2. The van der Waals surface area contributed by atoms with Gasteiger partial charge in [-0.15, -0.1) is 0 Å². The topological polar surface area (TPSA) is 86.8 Å². The number of halogens is 2. The molecule has 0 heterocycles. The molecule has 3 aromatic rings. The standard InChI is InChI=1S/C31H35Cl2N3O4S/c1-3-28(31(38)34-25-12-8-9-13-25)35(20-23-11-7-10-16-27(23)33)30(37)21-36(29-18-17-24(32)19-22(29)2)41(39,40)26-14-5-4-6-15-26/h4-7,10-11,14-19,25,28H,3,8-9,12-13,20-21H2,1-2H3,(H,34,38)/t28-/m0/s1. The lowest BCUT2D eigenvalue weighted by molar-refractivity contribution is -0.140. The molecule has 10 heteroatoms.